The fourth-order valence-corrected chi connectivity index (χ4v) is 3.24. The van der Waals surface area contributed by atoms with E-state index in [1.807, 2.05) is 12.1 Å². The molecule has 176 valence electrons. The van der Waals surface area contributed by atoms with Crippen molar-refractivity contribution < 1.29 is 27.4 Å². The van der Waals surface area contributed by atoms with E-state index in [1.54, 1.807) is 12.1 Å². The summed E-state index contributed by atoms with van der Waals surface area (Å²) in [5.74, 6) is 0.121. The maximum absolute atomic E-state index is 12.4. The summed E-state index contributed by atoms with van der Waals surface area (Å²) in [6.07, 6.45) is -3.73. The summed E-state index contributed by atoms with van der Waals surface area (Å²) in [5.41, 5.74) is 3.02. The molecule has 0 aliphatic heterocycles. The van der Waals surface area contributed by atoms with Gasteiger partial charge in [0.1, 0.15) is 0 Å². The van der Waals surface area contributed by atoms with Crippen LogP contribution in [-0.4, -0.2) is 43.8 Å². The van der Waals surface area contributed by atoms with Gasteiger partial charge in [-0.05, 0) is 48.3 Å². The average Bonchev–Trinajstić information content (AvgIpc) is 2.78. The molecule has 32 heavy (non-hydrogen) atoms. The number of amides is 1. The number of hydrogen-bond donors (Lipinski definition) is 1. The van der Waals surface area contributed by atoms with Crippen LogP contribution < -0.4 is 14.8 Å². The van der Waals surface area contributed by atoms with Crippen molar-refractivity contribution in [1.29, 1.82) is 0 Å². The van der Waals surface area contributed by atoms with E-state index in [4.69, 9.17) is 9.47 Å². The fraction of sp³-hybridized carbons (Fsp3) is 0.458. The Morgan fingerprint density at radius 2 is 1.72 bits per heavy atom. The van der Waals surface area contributed by atoms with Crippen LogP contribution in [0.1, 0.15) is 37.0 Å². The number of nitrogens with one attached hydrogen (secondary N) is 1. The third kappa shape index (κ3) is 8.78. The largest absolute Gasteiger partial charge is 0.493 e. The number of hydrogen-bond acceptors (Lipinski definition) is 4. The molecule has 2 aromatic rings. The van der Waals surface area contributed by atoms with Gasteiger partial charge >= 0.3 is 6.18 Å². The summed E-state index contributed by atoms with van der Waals surface area (Å²) in [6, 6.07) is 12.8. The van der Waals surface area contributed by atoms with Crippen molar-refractivity contribution in [2.45, 2.75) is 46.0 Å². The number of carbonyl (C=O) groups excluding carboxylic acids is 1. The predicted octanol–water partition coefficient (Wildman–Crippen LogP) is 4.73. The quantitative estimate of drug-likeness (QED) is 0.506. The molecule has 0 bridgehead atoms. The van der Waals surface area contributed by atoms with E-state index in [0.717, 1.165) is 30.8 Å². The topological polar surface area (TPSA) is 50.8 Å². The maximum Gasteiger partial charge on any atom is 0.422 e. The van der Waals surface area contributed by atoms with Gasteiger partial charge in [0.2, 0.25) is 5.91 Å². The molecule has 0 aliphatic carbocycles. The predicted molar refractivity (Wildman–Crippen MR) is 118 cm³/mol. The Morgan fingerprint density at radius 3 is 2.38 bits per heavy atom. The van der Waals surface area contributed by atoms with Gasteiger partial charge in [-0.3, -0.25) is 9.69 Å². The molecule has 0 fully saturated rings. The van der Waals surface area contributed by atoms with E-state index >= 15 is 0 Å². The Morgan fingerprint density at radius 1 is 1.00 bits per heavy atom. The van der Waals surface area contributed by atoms with Crippen molar-refractivity contribution in [2.24, 2.45) is 0 Å². The molecule has 0 spiro atoms. The first-order valence-corrected chi connectivity index (χ1v) is 10.7. The summed E-state index contributed by atoms with van der Waals surface area (Å²) < 4.78 is 47.0. The van der Waals surface area contributed by atoms with Gasteiger partial charge in [0.05, 0.1) is 7.11 Å². The minimum Gasteiger partial charge on any atom is -0.493 e. The Kier molecular flexibility index (Phi) is 9.84. The molecule has 0 heterocycles. The van der Waals surface area contributed by atoms with Crippen LogP contribution in [0.15, 0.2) is 42.5 Å². The van der Waals surface area contributed by atoms with E-state index in [-0.39, 0.29) is 23.8 Å². The fourth-order valence-electron chi connectivity index (χ4n) is 3.24. The number of carbonyl (C=O) groups is 1. The van der Waals surface area contributed by atoms with Gasteiger partial charge in [-0.2, -0.15) is 13.2 Å². The number of nitrogens with zero attached hydrogens (tertiary/aromatic N) is 1. The molecule has 1 amide bonds. The average molecular weight is 453 g/mol. The molecule has 0 aliphatic rings. The normalized spacial score (nSPS) is 11.5. The van der Waals surface area contributed by atoms with Crippen LogP contribution in [0.3, 0.4) is 0 Å². The van der Waals surface area contributed by atoms with Crippen LogP contribution in [0.4, 0.5) is 13.2 Å². The zero-order chi connectivity index (χ0) is 23.6. The van der Waals surface area contributed by atoms with Gasteiger partial charge in [0.15, 0.2) is 18.1 Å². The first kappa shape index (κ1) is 25.5. The second kappa shape index (κ2) is 12.3. The van der Waals surface area contributed by atoms with Gasteiger partial charge in [-0.1, -0.05) is 44.2 Å². The monoisotopic (exact) mass is 452 g/mol. The van der Waals surface area contributed by atoms with E-state index in [1.165, 1.54) is 18.7 Å². The van der Waals surface area contributed by atoms with E-state index in [0.29, 0.717) is 13.0 Å². The van der Waals surface area contributed by atoms with Crippen molar-refractivity contribution in [3.8, 4) is 11.5 Å². The van der Waals surface area contributed by atoms with E-state index < -0.39 is 12.8 Å². The lowest BCUT2D eigenvalue weighted by Gasteiger charge is -2.18. The summed E-state index contributed by atoms with van der Waals surface area (Å²) in [5, 5.41) is 2.92. The third-order valence-electron chi connectivity index (χ3n) is 5.04. The zero-order valence-electron chi connectivity index (χ0n) is 18.8. The molecule has 1 N–H and O–H groups in total. The highest BCUT2D eigenvalue weighted by Crippen LogP contribution is 2.30. The van der Waals surface area contributed by atoms with Crippen molar-refractivity contribution in [1.82, 2.24) is 10.2 Å². The van der Waals surface area contributed by atoms with Gasteiger partial charge < -0.3 is 14.8 Å². The molecule has 0 saturated heterocycles. The Balaban J connectivity index is 1.85. The lowest BCUT2D eigenvalue weighted by molar-refractivity contribution is -0.153. The molecular weight excluding hydrogens is 421 g/mol. The number of ether oxygens (including phenoxy) is 2. The van der Waals surface area contributed by atoms with Crippen LogP contribution in [-0.2, 0) is 24.3 Å². The van der Waals surface area contributed by atoms with Crippen LogP contribution in [0.25, 0.3) is 0 Å². The third-order valence-corrected chi connectivity index (χ3v) is 5.04. The molecule has 0 radical (unpaired) electrons. The van der Waals surface area contributed by atoms with Crippen molar-refractivity contribution in [3.05, 3.63) is 59.2 Å². The minimum absolute atomic E-state index is 0.0163. The summed E-state index contributed by atoms with van der Waals surface area (Å²) in [4.78, 5) is 14.6. The Bertz CT molecular complexity index is 868. The van der Waals surface area contributed by atoms with Crippen LogP contribution in [0.5, 0.6) is 11.5 Å². The molecule has 2 aromatic carbocycles. The van der Waals surface area contributed by atoms with Crippen molar-refractivity contribution in [2.75, 3.05) is 26.8 Å². The number of alkyl halides is 3. The van der Waals surface area contributed by atoms with Crippen molar-refractivity contribution in [3.63, 3.8) is 0 Å². The van der Waals surface area contributed by atoms with Gasteiger partial charge in [-0.25, -0.2) is 0 Å². The Hall–Kier alpha value is -2.74. The van der Waals surface area contributed by atoms with Gasteiger partial charge in [0, 0.05) is 19.5 Å². The maximum atomic E-state index is 12.4. The number of halogens is 3. The highest BCUT2D eigenvalue weighted by Gasteiger charge is 2.29. The molecule has 8 heteroatoms. The number of rotatable bonds is 12. The highest BCUT2D eigenvalue weighted by atomic mass is 19.4. The first-order valence-electron chi connectivity index (χ1n) is 10.7. The molecule has 0 saturated carbocycles. The van der Waals surface area contributed by atoms with Crippen molar-refractivity contribution >= 4 is 5.91 Å². The standard InChI is InChI=1S/C24H31F3N2O3/c1-4-29(5-2)16-20-8-6-7-19(13-20)15-28-23(30)12-10-18-9-11-21(22(14-18)31-3)32-17-24(25,26)27/h6-9,11,13-14H,4-5,10,12,15-17H2,1-3H3,(H,28,30). The van der Waals surface area contributed by atoms with Crippen LogP contribution in [0, 0.1) is 0 Å². The minimum atomic E-state index is -4.42. The van der Waals surface area contributed by atoms with Crippen LogP contribution in [0.2, 0.25) is 0 Å². The van der Waals surface area contributed by atoms with Gasteiger partial charge in [-0.15, -0.1) is 0 Å². The SMILES string of the molecule is CCN(CC)Cc1cccc(CNC(=O)CCc2ccc(OCC(F)(F)F)c(OC)c2)c1. The molecular formula is C24H31F3N2O3. The number of methoxy groups -OCH3 is 1. The lowest BCUT2D eigenvalue weighted by Crippen LogP contribution is -2.24. The van der Waals surface area contributed by atoms with Gasteiger partial charge in [0.25, 0.3) is 0 Å². The number of benzene rings is 2. The lowest BCUT2D eigenvalue weighted by atomic mass is 10.1. The Labute approximate surface area is 187 Å². The second-order valence-corrected chi connectivity index (χ2v) is 7.45. The molecule has 0 atom stereocenters. The molecule has 0 unspecified atom stereocenters. The van der Waals surface area contributed by atoms with Crippen LogP contribution >= 0.6 is 0 Å². The summed E-state index contributed by atoms with van der Waals surface area (Å²) >= 11 is 0. The summed E-state index contributed by atoms with van der Waals surface area (Å²) in [6.45, 7) is 6.16. The smallest absolute Gasteiger partial charge is 0.422 e. The second-order valence-electron chi connectivity index (χ2n) is 7.45. The zero-order valence-corrected chi connectivity index (χ0v) is 18.8. The molecule has 2 rings (SSSR count). The highest BCUT2D eigenvalue weighted by molar-refractivity contribution is 5.76. The molecule has 5 nitrogen and oxygen atoms in total. The van der Waals surface area contributed by atoms with E-state index in [9.17, 15) is 18.0 Å². The summed E-state index contributed by atoms with van der Waals surface area (Å²) in [7, 11) is 1.36. The number of aryl methyl sites for hydroxylation is 1. The first-order chi connectivity index (χ1) is 15.2. The molecule has 0 aromatic heterocycles. The van der Waals surface area contributed by atoms with E-state index in [2.05, 4.69) is 36.2 Å².